The minimum Gasteiger partial charge on any atom is -0.423 e. The van der Waals surface area contributed by atoms with Crippen LogP contribution in [0.15, 0.2) is 57.7 Å². The lowest BCUT2D eigenvalue weighted by atomic mass is 10.0. The first-order valence-electron chi connectivity index (χ1n) is 8.11. The molecule has 0 bridgehead atoms. The summed E-state index contributed by atoms with van der Waals surface area (Å²) in [7, 11) is 0. The summed E-state index contributed by atoms with van der Waals surface area (Å²) in [5, 5.41) is 5.14. The van der Waals surface area contributed by atoms with Gasteiger partial charge in [-0.2, -0.15) is 0 Å². The van der Waals surface area contributed by atoms with Gasteiger partial charge in [-0.1, -0.05) is 42.8 Å². The molecule has 3 aromatic rings. The number of rotatable bonds is 5. The van der Waals surface area contributed by atoms with Crippen molar-refractivity contribution in [1.29, 1.82) is 0 Å². The van der Waals surface area contributed by atoms with Crippen LogP contribution in [0.25, 0.3) is 11.0 Å². The van der Waals surface area contributed by atoms with E-state index in [0.29, 0.717) is 12.1 Å². The van der Waals surface area contributed by atoms with E-state index >= 15 is 0 Å². The zero-order valence-electron chi connectivity index (χ0n) is 13.8. The summed E-state index contributed by atoms with van der Waals surface area (Å²) < 4.78 is 5.35. The molecule has 4 heteroatoms. The Bertz CT molecular complexity index is 917. The van der Waals surface area contributed by atoms with Crippen LogP contribution >= 0.6 is 11.6 Å². The Morgan fingerprint density at radius 2 is 2.00 bits per heavy atom. The molecule has 0 radical (unpaired) electrons. The van der Waals surface area contributed by atoms with Gasteiger partial charge in [0.05, 0.1) is 0 Å². The summed E-state index contributed by atoms with van der Waals surface area (Å²) in [4.78, 5) is 11.9. The quantitative estimate of drug-likeness (QED) is 0.674. The highest BCUT2D eigenvalue weighted by Crippen LogP contribution is 2.21. The molecule has 0 unspecified atom stereocenters. The molecule has 0 spiro atoms. The first kappa shape index (κ1) is 16.7. The van der Waals surface area contributed by atoms with E-state index in [-0.39, 0.29) is 11.7 Å². The molecule has 124 valence electrons. The number of nitrogens with one attached hydrogen (secondary N) is 1. The molecule has 1 heterocycles. The molecule has 3 rings (SSSR count). The highest BCUT2D eigenvalue weighted by Gasteiger charge is 2.09. The van der Waals surface area contributed by atoms with Gasteiger partial charge in [0.2, 0.25) is 0 Å². The van der Waals surface area contributed by atoms with E-state index in [4.69, 9.17) is 16.0 Å². The van der Waals surface area contributed by atoms with E-state index in [1.165, 1.54) is 0 Å². The van der Waals surface area contributed by atoms with Gasteiger partial charge in [-0.05, 0) is 48.2 Å². The van der Waals surface area contributed by atoms with Crippen LogP contribution < -0.4 is 10.9 Å². The SMILES string of the molecule is CCc1ccc2c(CN[C@@H](C)c3cccc(Cl)c3)cc(=O)oc2c1. The number of halogens is 1. The summed E-state index contributed by atoms with van der Waals surface area (Å²) in [5.41, 5.74) is 3.54. The van der Waals surface area contributed by atoms with Crippen LogP contribution in [0.2, 0.25) is 5.02 Å². The Labute approximate surface area is 146 Å². The first-order chi connectivity index (χ1) is 11.6. The number of hydrogen-bond donors (Lipinski definition) is 1. The van der Waals surface area contributed by atoms with Gasteiger partial charge in [-0.3, -0.25) is 0 Å². The van der Waals surface area contributed by atoms with Gasteiger partial charge in [0.25, 0.3) is 0 Å². The number of aryl methyl sites for hydroxylation is 1. The maximum atomic E-state index is 11.9. The van der Waals surface area contributed by atoms with Crippen LogP contribution in [-0.2, 0) is 13.0 Å². The fourth-order valence-electron chi connectivity index (χ4n) is 2.80. The second kappa shape index (κ2) is 7.20. The van der Waals surface area contributed by atoms with Gasteiger partial charge >= 0.3 is 5.63 Å². The molecule has 0 saturated heterocycles. The van der Waals surface area contributed by atoms with Gasteiger partial charge in [-0.25, -0.2) is 4.79 Å². The van der Waals surface area contributed by atoms with Crippen molar-refractivity contribution in [3.05, 3.63) is 80.7 Å². The minimum absolute atomic E-state index is 0.126. The van der Waals surface area contributed by atoms with Crippen molar-refractivity contribution in [3.8, 4) is 0 Å². The van der Waals surface area contributed by atoms with Crippen LogP contribution in [0.4, 0.5) is 0 Å². The van der Waals surface area contributed by atoms with E-state index in [1.807, 2.05) is 36.4 Å². The van der Waals surface area contributed by atoms with Crippen molar-refractivity contribution < 1.29 is 4.42 Å². The van der Waals surface area contributed by atoms with Crippen molar-refractivity contribution in [2.24, 2.45) is 0 Å². The van der Waals surface area contributed by atoms with Crippen LogP contribution in [0.1, 0.15) is 36.6 Å². The molecule has 24 heavy (non-hydrogen) atoms. The van der Waals surface area contributed by atoms with Crippen molar-refractivity contribution in [3.63, 3.8) is 0 Å². The standard InChI is InChI=1S/C20H20ClNO2/c1-3-14-7-8-18-16(11-20(23)24-19(18)9-14)12-22-13(2)15-5-4-6-17(21)10-15/h4-11,13,22H,3,12H2,1-2H3/t13-/m0/s1. The molecule has 2 aromatic carbocycles. The van der Waals surface area contributed by atoms with E-state index < -0.39 is 0 Å². The number of fused-ring (bicyclic) bond motifs is 1. The Hall–Kier alpha value is -2.10. The van der Waals surface area contributed by atoms with Gasteiger partial charge in [0, 0.05) is 29.1 Å². The van der Waals surface area contributed by atoms with Crippen molar-refractivity contribution in [2.45, 2.75) is 32.9 Å². The van der Waals surface area contributed by atoms with Gasteiger partial charge in [-0.15, -0.1) is 0 Å². The van der Waals surface area contributed by atoms with Crippen LogP contribution in [0, 0.1) is 0 Å². The van der Waals surface area contributed by atoms with Gasteiger partial charge in [0.15, 0.2) is 0 Å². The topological polar surface area (TPSA) is 42.2 Å². The van der Waals surface area contributed by atoms with Gasteiger partial charge in [0.1, 0.15) is 5.58 Å². The molecule has 3 nitrogen and oxygen atoms in total. The summed E-state index contributed by atoms with van der Waals surface area (Å²) in [6.45, 7) is 4.74. The molecule has 1 atom stereocenters. The molecule has 1 aromatic heterocycles. The van der Waals surface area contributed by atoms with E-state index in [1.54, 1.807) is 6.07 Å². The number of benzene rings is 2. The molecular formula is C20H20ClNO2. The molecule has 0 saturated carbocycles. The average molecular weight is 342 g/mol. The third-order valence-electron chi connectivity index (χ3n) is 4.25. The smallest absolute Gasteiger partial charge is 0.336 e. The predicted molar refractivity (Wildman–Crippen MR) is 98.6 cm³/mol. The lowest BCUT2D eigenvalue weighted by Gasteiger charge is -2.15. The monoisotopic (exact) mass is 341 g/mol. The molecular weight excluding hydrogens is 322 g/mol. The van der Waals surface area contributed by atoms with Crippen LogP contribution in [0.3, 0.4) is 0 Å². The van der Waals surface area contributed by atoms with E-state index in [0.717, 1.165) is 33.5 Å². The Balaban J connectivity index is 1.86. The summed E-state index contributed by atoms with van der Waals surface area (Å²) >= 11 is 6.05. The van der Waals surface area contributed by atoms with Crippen molar-refractivity contribution in [1.82, 2.24) is 5.32 Å². The van der Waals surface area contributed by atoms with E-state index in [9.17, 15) is 4.79 Å². The fraction of sp³-hybridized carbons (Fsp3) is 0.250. The maximum absolute atomic E-state index is 11.9. The minimum atomic E-state index is -0.317. The predicted octanol–water partition coefficient (Wildman–Crippen LogP) is 4.86. The fourth-order valence-corrected chi connectivity index (χ4v) is 3.00. The third-order valence-corrected chi connectivity index (χ3v) is 4.49. The second-order valence-corrected chi connectivity index (χ2v) is 6.37. The molecule has 0 aliphatic rings. The third kappa shape index (κ3) is 3.69. The largest absolute Gasteiger partial charge is 0.423 e. The Kier molecular flexibility index (Phi) is 5.03. The van der Waals surface area contributed by atoms with Crippen LogP contribution in [0.5, 0.6) is 0 Å². The lowest BCUT2D eigenvalue weighted by molar-refractivity contribution is 0.547. The summed E-state index contributed by atoms with van der Waals surface area (Å²) in [5.74, 6) is 0. The molecule has 0 aliphatic heterocycles. The normalized spacial score (nSPS) is 12.5. The zero-order chi connectivity index (χ0) is 17.1. The zero-order valence-corrected chi connectivity index (χ0v) is 14.6. The Morgan fingerprint density at radius 1 is 1.17 bits per heavy atom. The molecule has 0 fully saturated rings. The summed E-state index contributed by atoms with van der Waals surface area (Å²) in [6.07, 6.45) is 0.911. The van der Waals surface area contributed by atoms with Crippen LogP contribution in [-0.4, -0.2) is 0 Å². The molecule has 0 amide bonds. The average Bonchev–Trinajstić information content (AvgIpc) is 2.58. The highest BCUT2D eigenvalue weighted by molar-refractivity contribution is 6.30. The number of hydrogen-bond acceptors (Lipinski definition) is 3. The Morgan fingerprint density at radius 3 is 2.75 bits per heavy atom. The van der Waals surface area contributed by atoms with Crippen molar-refractivity contribution >= 4 is 22.6 Å². The summed E-state index contributed by atoms with van der Waals surface area (Å²) in [6, 6.07) is 15.5. The van der Waals surface area contributed by atoms with Crippen molar-refractivity contribution in [2.75, 3.05) is 0 Å². The van der Waals surface area contributed by atoms with E-state index in [2.05, 4.69) is 25.2 Å². The van der Waals surface area contributed by atoms with Gasteiger partial charge < -0.3 is 9.73 Å². The molecule has 1 N–H and O–H groups in total. The molecule has 0 aliphatic carbocycles. The lowest BCUT2D eigenvalue weighted by Crippen LogP contribution is -2.19. The highest BCUT2D eigenvalue weighted by atomic mass is 35.5. The maximum Gasteiger partial charge on any atom is 0.336 e. The second-order valence-electron chi connectivity index (χ2n) is 5.93. The first-order valence-corrected chi connectivity index (χ1v) is 8.49.